The highest BCUT2D eigenvalue weighted by molar-refractivity contribution is 7.80. The molecular weight excluding hydrogens is 354 g/mol. The van der Waals surface area contributed by atoms with E-state index in [1.807, 2.05) is 38.1 Å². The van der Waals surface area contributed by atoms with Crippen molar-refractivity contribution in [1.29, 1.82) is 0 Å². The van der Waals surface area contributed by atoms with Gasteiger partial charge in [0.1, 0.15) is 5.92 Å². The average molecular weight is 372 g/mol. The number of carbonyl (C=O) groups is 1. The first-order valence-electron chi connectivity index (χ1n) is 7.93. The maximum Gasteiger partial charge on any atom is 0.235 e. The SMILES string of the molecule is CC1=NC(=S)NC(c2ccc(C)cc2)C1C(=O)Nc1ccc(Cl)cc1. The number of carbonyl (C=O) groups excluding carboxylic acids is 1. The van der Waals surface area contributed by atoms with E-state index < -0.39 is 5.92 Å². The summed E-state index contributed by atoms with van der Waals surface area (Å²) in [4.78, 5) is 17.2. The van der Waals surface area contributed by atoms with Crippen molar-refractivity contribution in [3.05, 3.63) is 64.7 Å². The average Bonchev–Trinajstić information content (AvgIpc) is 2.57. The van der Waals surface area contributed by atoms with Crippen LogP contribution >= 0.6 is 23.8 Å². The third kappa shape index (κ3) is 4.06. The monoisotopic (exact) mass is 371 g/mol. The van der Waals surface area contributed by atoms with Crippen LogP contribution in [0.25, 0.3) is 0 Å². The molecule has 2 aromatic carbocycles. The molecule has 2 aromatic rings. The van der Waals surface area contributed by atoms with E-state index in [4.69, 9.17) is 23.8 Å². The minimum Gasteiger partial charge on any atom is -0.353 e. The summed E-state index contributed by atoms with van der Waals surface area (Å²) < 4.78 is 0. The van der Waals surface area contributed by atoms with Crippen molar-refractivity contribution in [3.8, 4) is 0 Å². The molecule has 0 bridgehead atoms. The fraction of sp³-hybridized carbons (Fsp3) is 0.211. The molecule has 2 unspecified atom stereocenters. The van der Waals surface area contributed by atoms with Gasteiger partial charge in [0.25, 0.3) is 0 Å². The highest BCUT2D eigenvalue weighted by atomic mass is 35.5. The van der Waals surface area contributed by atoms with Crippen molar-refractivity contribution in [2.75, 3.05) is 5.32 Å². The Hall–Kier alpha value is -2.24. The Bertz CT molecular complexity index is 831. The smallest absolute Gasteiger partial charge is 0.235 e. The Morgan fingerprint density at radius 1 is 1.12 bits per heavy atom. The first kappa shape index (κ1) is 17.6. The number of hydrogen-bond acceptors (Lipinski definition) is 2. The van der Waals surface area contributed by atoms with Gasteiger partial charge in [-0.25, -0.2) is 4.99 Å². The van der Waals surface area contributed by atoms with Crippen LogP contribution in [0.1, 0.15) is 24.1 Å². The summed E-state index contributed by atoms with van der Waals surface area (Å²) in [5.74, 6) is -0.589. The number of hydrogen-bond donors (Lipinski definition) is 2. The molecule has 2 atom stereocenters. The van der Waals surface area contributed by atoms with Crippen LogP contribution in [0.4, 0.5) is 5.69 Å². The standard InChI is InChI=1S/C19H18ClN3OS/c1-11-3-5-13(6-4-11)17-16(12(2)21-19(25)23-17)18(24)22-15-9-7-14(20)8-10-15/h3-10,16-17H,1-2H3,(H,22,24)(H,23,25). The summed E-state index contributed by atoms with van der Waals surface area (Å²) in [7, 11) is 0. The molecule has 3 rings (SSSR count). The Labute approximate surface area is 157 Å². The van der Waals surface area contributed by atoms with Gasteiger partial charge in [-0.1, -0.05) is 41.4 Å². The zero-order valence-electron chi connectivity index (χ0n) is 13.9. The third-order valence-electron chi connectivity index (χ3n) is 4.17. The molecule has 2 N–H and O–H groups in total. The second-order valence-corrected chi connectivity index (χ2v) is 6.89. The number of aliphatic imine (C=N–C) groups is 1. The summed E-state index contributed by atoms with van der Waals surface area (Å²) >= 11 is 11.1. The summed E-state index contributed by atoms with van der Waals surface area (Å²) in [6, 6.07) is 14.8. The molecule has 4 nitrogen and oxygen atoms in total. The van der Waals surface area contributed by atoms with E-state index in [2.05, 4.69) is 15.6 Å². The first-order valence-corrected chi connectivity index (χ1v) is 8.71. The molecule has 0 radical (unpaired) electrons. The number of anilines is 1. The Morgan fingerprint density at radius 3 is 2.40 bits per heavy atom. The summed E-state index contributed by atoms with van der Waals surface area (Å²) in [5.41, 5.74) is 3.55. The number of thiocarbonyl (C=S) groups is 1. The number of benzene rings is 2. The molecule has 128 valence electrons. The maximum atomic E-state index is 12.9. The normalized spacial score (nSPS) is 19.8. The molecular formula is C19H18ClN3OS. The Balaban J connectivity index is 1.89. The van der Waals surface area contributed by atoms with Crippen molar-refractivity contribution in [2.24, 2.45) is 10.9 Å². The van der Waals surface area contributed by atoms with E-state index in [0.717, 1.165) is 11.1 Å². The lowest BCUT2D eigenvalue weighted by Gasteiger charge is -2.31. The Morgan fingerprint density at radius 2 is 1.76 bits per heavy atom. The van der Waals surface area contributed by atoms with Crippen molar-refractivity contribution >= 4 is 46.2 Å². The van der Waals surface area contributed by atoms with Crippen LogP contribution in [0.3, 0.4) is 0 Å². The van der Waals surface area contributed by atoms with Crippen LogP contribution in [0.15, 0.2) is 53.5 Å². The van der Waals surface area contributed by atoms with E-state index >= 15 is 0 Å². The van der Waals surface area contributed by atoms with Crippen LogP contribution in [0.5, 0.6) is 0 Å². The van der Waals surface area contributed by atoms with E-state index in [1.54, 1.807) is 24.3 Å². The number of nitrogens with zero attached hydrogens (tertiary/aromatic N) is 1. The van der Waals surface area contributed by atoms with Gasteiger partial charge in [-0.3, -0.25) is 4.79 Å². The molecule has 0 aromatic heterocycles. The van der Waals surface area contributed by atoms with Crippen molar-refractivity contribution in [1.82, 2.24) is 5.32 Å². The molecule has 0 fully saturated rings. The van der Waals surface area contributed by atoms with Gasteiger partial charge >= 0.3 is 0 Å². The second-order valence-electron chi connectivity index (χ2n) is 6.06. The molecule has 1 aliphatic heterocycles. The molecule has 1 aliphatic rings. The number of nitrogens with one attached hydrogen (secondary N) is 2. The van der Waals surface area contributed by atoms with Crippen LogP contribution in [-0.4, -0.2) is 16.7 Å². The predicted molar refractivity (Wildman–Crippen MR) is 106 cm³/mol. The van der Waals surface area contributed by atoms with Gasteiger partial charge in [-0.05, 0) is 55.9 Å². The van der Waals surface area contributed by atoms with Gasteiger partial charge in [-0.2, -0.15) is 0 Å². The van der Waals surface area contributed by atoms with E-state index in [-0.39, 0.29) is 11.9 Å². The summed E-state index contributed by atoms with van der Waals surface area (Å²) in [6.07, 6.45) is 0. The largest absolute Gasteiger partial charge is 0.353 e. The number of amides is 1. The summed E-state index contributed by atoms with van der Waals surface area (Å²) in [6.45, 7) is 3.86. The maximum absolute atomic E-state index is 12.9. The lowest BCUT2D eigenvalue weighted by molar-refractivity contribution is -0.118. The highest BCUT2D eigenvalue weighted by Crippen LogP contribution is 2.28. The fourth-order valence-electron chi connectivity index (χ4n) is 2.86. The van der Waals surface area contributed by atoms with E-state index in [1.165, 1.54) is 0 Å². The molecule has 0 saturated heterocycles. The van der Waals surface area contributed by atoms with Gasteiger partial charge in [0.15, 0.2) is 5.11 Å². The minimum atomic E-state index is -0.454. The van der Waals surface area contributed by atoms with Crippen LogP contribution in [0.2, 0.25) is 5.02 Å². The first-order chi connectivity index (χ1) is 11.9. The van der Waals surface area contributed by atoms with Crippen LogP contribution in [0, 0.1) is 12.8 Å². The third-order valence-corrected chi connectivity index (χ3v) is 4.63. The van der Waals surface area contributed by atoms with Gasteiger partial charge < -0.3 is 10.6 Å². The van der Waals surface area contributed by atoms with Crippen LogP contribution in [-0.2, 0) is 4.79 Å². The Kier molecular flexibility index (Phi) is 5.16. The topological polar surface area (TPSA) is 53.5 Å². The van der Waals surface area contributed by atoms with Gasteiger partial charge in [0.05, 0.1) is 6.04 Å². The van der Waals surface area contributed by atoms with Crippen LogP contribution < -0.4 is 10.6 Å². The van der Waals surface area contributed by atoms with Gasteiger partial charge in [0.2, 0.25) is 5.91 Å². The molecule has 0 saturated carbocycles. The van der Waals surface area contributed by atoms with Crippen molar-refractivity contribution < 1.29 is 4.79 Å². The van der Waals surface area contributed by atoms with Gasteiger partial charge in [0, 0.05) is 16.4 Å². The number of aryl methyl sites for hydroxylation is 1. The van der Waals surface area contributed by atoms with E-state index in [0.29, 0.717) is 21.5 Å². The van der Waals surface area contributed by atoms with E-state index in [9.17, 15) is 4.79 Å². The lowest BCUT2D eigenvalue weighted by Crippen LogP contribution is -2.45. The zero-order chi connectivity index (χ0) is 18.0. The molecule has 1 amide bonds. The molecule has 25 heavy (non-hydrogen) atoms. The fourth-order valence-corrected chi connectivity index (χ4v) is 3.26. The van der Waals surface area contributed by atoms with Crippen molar-refractivity contribution in [2.45, 2.75) is 19.9 Å². The molecule has 0 spiro atoms. The predicted octanol–water partition coefficient (Wildman–Crippen LogP) is 4.29. The molecule has 6 heteroatoms. The second kappa shape index (κ2) is 7.33. The molecule has 1 heterocycles. The number of halogens is 1. The molecule has 0 aliphatic carbocycles. The lowest BCUT2D eigenvalue weighted by atomic mass is 9.87. The highest BCUT2D eigenvalue weighted by Gasteiger charge is 2.35. The summed E-state index contributed by atoms with van der Waals surface area (Å²) in [5, 5.41) is 7.13. The quantitative estimate of drug-likeness (QED) is 0.791. The minimum absolute atomic E-state index is 0.135. The number of rotatable bonds is 3. The van der Waals surface area contributed by atoms with Crippen molar-refractivity contribution in [3.63, 3.8) is 0 Å². The van der Waals surface area contributed by atoms with Gasteiger partial charge in [-0.15, -0.1) is 0 Å². The zero-order valence-corrected chi connectivity index (χ0v) is 15.5.